The predicted octanol–water partition coefficient (Wildman–Crippen LogP) is 2.91. The molecule has 4 atom stereocenters. The van der Waals surface area contributed by atoms with Gasteiger partial charge in [0.15, 0.2) is 0 Å². The van der Waals surface area contributed by atoms with Crippen LogP contribution in [-0.2, 0) is 9.53 Å². The number of hydrogen-bond acceptors (Lipinski definition) is 2. The molecule has 4 rings (SSSR count). The number of ether oxygens (including phenoxy) is 1. The summed E-state index contributed by atoms with van der Waals surface area (Å²) in [6, 6.07) is 0. The minimum atomic E-state index is -0.000162. The Hall–Kier alpha value is -0.530. The Morgan fingerprint density at radius 1 is 1.06 bits per heavy atom. The third-order valence-corrected chi connectivity index (χ3v) is 5.80. The fourth-order valence-electron chi connectivity index (χ4n) is 5.31. The second-order valence-corrected chi connectivity index (χ2v) is 6.43. The Kier molecular flexibility index (Phi) is 1.79. The molecule has 1 spiro atoms. The average Bonchev–Trinajstić information content (AvgIpc) is 2.94. The summed E-state index contributed by atoms with van der Waals surface area (Å²) in [5, 5.41) is 0. The van der Waals surface area contributed by atoms with E-state index in [2.05, 4.69) is 0 Å². The van der Waals surface area contributed by atoms with E-state index in [1.807, 2.05) is 0 Å². The number of esters is 1. The van der Waals surface area contributed by atoms with Crippen LogP contribution in [0.2, 0.25) is 0 Å². The van der Waals surface area contributed by atoms with Crippen molar-refractivity contribution in [3.63, 3.8) is 0 Å². The van der Waals surface area contributed by atoms with Crippen molar-refractivity contribution in [3.05, 3.63) is 0 Å². The summed E-state index contributed by atoms with van der Waals surface area (Å²) in [6.45, 7) is 0. The molecule has 0 aromatic heterocycles. The maximum atomic E-state index is 12.1. The first-order valence-electron chi connectivity index (χ1n) is 7.03. The summed E-state index contributed by atoms with van der Waals surface area (Å²) >= 11 is 0. The normalized spacial score (nSPS) is 48.4. The van der Waals surface area contributed by atoms with Crippen LogP contribution < -0.4 is 0 Å². The Morgan fingerprint density at radius 2 is 1.81 bits per heavy atom. The highest BCUT2D eigenvalue weighted by Gasteiger charge is 2.65. The third-order valence-electron chi connectivity index (χ3n) is 5.80. The molecule has 4 aliphatic rings. The van der Waals surface area contributed by atoms with E-state index in [1.165, 1.54) is 38.5 Å². The molecule has 0 aromatic rings. The summed E-state index contributed by atoms with van der Waals surface area (Å²) in [4.78, 5) is 12.1. The Balaban J connectivity index is 1.72. The standard InChI is InChI=1S/C14H20O2/c15-13-11-9-4-5-10(8-9)12(11)14(16-13)6-2-1-3-7-14/h9-12H,1-8H2/t9-,10+,11+,12-/m0/s1. The van der Waals surface area contributed by atoms with Crippen molar-refractivity contribution < 1.29 is 9.53 Å². The van der Waals surface area contributed by atoms with E-state index in [4.69, 9.17) is 4.74 Å². The van der Waals surface area contributed by atoms with Crippen molar-refractivity contribution in [2.75, 3.05) is 0 Å². The lowest BCUT2D eigenvalue weighted by atomic mass is 9.67. The minimum absolute atomic E-state index is 0.000162. The van der Waals surface area contributed by atoms with Crippen LogP contribution in [0, 0.1) is 23.7 Å². The largest absolute Gasteiger partial charge is 0.459 e. The first-order chi connectivity index (χ1) is 7.80. The molecular weight excluding hydrogens is 200 g/mol. The third kappa shape index (κ3) is 1.01. The maximum Gasteiger partial charge on any atom is 0.310 e. The van der Waals surface area contributed by atoms with Crippen molar-refractivity contribution >= 4 is 5.97 Å². The molecular formula is C14H20O2. The van der Waals surface area contributed by atoms with Crippen LogP contribution in [0.5, 0.6) is 0 Å². The molecule has 1 saturated heterocycles. The van der Waals surface area contributed by atoms with E-state index < -0.39 is 0 Å². The molecule has 3 saturated carbocycles. The number of fused-ring (bicyclic) bond motifs is 6. The van der Waals surface area contributed by atoms with Gasteiger partial charge >= 0.3 is 5.97 Å². The van der Waals surface area contributed by atoms with Crippen LogP contribution in [0.3, 0.4) is 0 Å². The monoisotopic (exact) mass is 220 g/mol. The molecule has 1 heterocycles. The van der Waals surface area contributed by atoms with Crippen molar-refractivity contribution in [1.82, 2.24) is 0 Å². The lowest BCUT2D eigenvalue weighted by Crippen LogP contribution is -2.41. The molecule has 4 fully saturated rings. The van der Waals surface area contributed by atoms with Crippen LogP contribution in [0.1, 0.15) is 51.4 Å². The van der Waals surface area contributed by atoms with Gasteiger partial charge in [-0.05, 0) is 56.8 Å². The highest BCUT2D eigenvalue weighted by molar-refractivity contribution is 5.77. The first-order valence-corrected chi connectivity index (χ1v) is 7.03. The van der Waals surface area contributed by atoms with Gasteiger partial charge in [0.05, 0.1) is 5.92 Å². The number of rotatable bonds is 0. The SMILES string of the molecule is O=C1OC2(CCCCC2)[C@H]2[C@@H]3CC[C@@H](C3)[C@@H]12. The molecule has 0 N–H and O–H groups in total. The molecule has 0 radical (unpaired) electrons. The fourth-order valence-corrected chi connectivity index (χ4v) is 5.31. The maximum absolute atomic E-state index is 12.1. The molecule has 0 amide bonds. The topological polar surface area (TPSA) is 26.3 Å². The Labute approximate surface area is 96.7 Å². The molecule has 88 valence electrons. The van der Waals surface area contributed by atoms with E-state index in [0.717, 1.165) is 18.8 Å². The predicted molar refractivity (Wildman–Crippen MR) is 59.7 cm³/mol. The molecule has 0 unspecified atom stereocenters. The zero-order valence-corrected chi connectivity index (χ0v) is 9.78. The smallest absolute Gasteiger partial charge is 0.310 e. The lowest BCUT2D eigenvalue weighted by Gasteiger charge is -2.39. The highest BCUT2D eigenvalue weighted by atomic mass is 16.6. The number of hydrogen-bond donors (Lipinski definition) is 0. The summed E-state index contributed by atoms with van der Waals surface area (Å²) in [5.74, 6) is 2.58. The lowest BCUT2D eigenvalue weighted by molar-refractivity contribution is -0.155. The van der Waals surface area contributed by atoms with Crippen LogP contribution in [0.4, 0.5) is 0 Å². The second-order valence-electron chi connectivity index (χ2n) is 6.43. The Morgan fingerprint density at radius 3 is 2.62 bits per heavy atom. The second kappa shape index (κ2) is 3.02. The van der Waals surface area contributed by atoms with Crippen LogP contribution in [-0.4, -0.2) is 11.6 Å². The fraction of sp³-hybridized carbons (Fsp3) is 0.929. The summed E-state index contributed by atoms with van der Waals surface area (Å²) in [7, 11) is 0. The van der Waals surface area contributed by atoms with Gasteiger partial charge in [-0.3, -0.25) is 4.79 Å². The van der Waals surface area contributed by atoms with Gasteiger partial charge in [-0.1, -0.05) is 6.42 Å². The van der Waals surface area contributed by atoms with Crippen molar-refractivity contribution in [2.45, 2.75) is 57.0 Å². The molecule has 16 heavy (non-hydrogen) atoms. The molecule has 3 aliphatic carbocycles. The highest BCUT2D eigenvalue weighted by Crippen LogP contribution is 2.63. The number of carbonyl (C=O) groups excluding carboxylic acids is 1. The van der Waals surface area contributed by atoms with Gasteiger partial charge in [-0.2, -0.15) is 0 Å². The average molecular weight is 220 g/mol. The van der Waals surface area contributed by atoms with E-state index in [1.54, 1.807) is 0 Å². The van der Waals surface area contributed by atoms with E-state index >= 15 is 0 Å². The minimum Gasteiger partial charge on any atom is -0.459 e. The van der Waals surface area contributed by atoms with Crippen LogP contribution >= 0.6 is 0 Å². The first kappa shape index (κ1) is 9.49. The zero-order valence-electron chi connectivity index (χ0n) is 9.78. The van der Waals surface area contributed by atoms with Crippen molar-refractivity contribution in [1.29, 1.82) is 0 Å². The van der Waals surface area contributed by atoms with E-state index in [9.17, 15) is 4.79 Å². The van der Waals surface area contributed by atoms with Gasteiger partial charge in [0.2, 0.25) is 0 Å². The summed E-state index contributed by atoms with van der Waals surface area (Å²) < 4.78 is 5.90. The summed E-state index contributed by atoms with van der Waals surface area (Å²) in [6.07, 6.45) is 10.2. The van der Waals surface area contributed by atoms with Crippen LogP contribution in [0.25, 0.3) is 0 Å². The van der Waals surface area contributed by atoms with E-state index in [-0.39, 0.29) is 11.6 Å². The molecule has 2 bridgehead atoms. The van der Waals surface area contributed by atoms with Gasteiger partial charge < -0.3 is 4.74 Å². The molecule has 1 aliphatic heterocycles. The van der Waals surface area contributed by atoms with Gasteiger partial charge in [0.25, 0.3) is 0 Å². The van der Waals surface area contributed by atoms with Crippen LogP contribution in [0.15, 0.2) is 0 Å². The van der Waals surface area contributed by atoms with Gasteiger partial charge in [-0.25, -0.2) is 0 Å². The Bertz CT molecular complexity index is 330. The van der Waals surface area contributed by atoms with Gasteiger partial charge in [-0.15, -0.1) is 0 Å². The van der Waals surface area contributed by atoms with Gasteiger partial charge in [0, 0.05) is 5.92 Å². The molecule has 0 aromatic carbocycles. The quantitative estimate of drug-likeness (QED) is 0.587. The van der Waals surface area contributed by atoms with Gasteiger partial charge in [0.1, 0.15) is 5.60 Å². The van der Waals surface area contributed by atoms with Crippen molar-refractivity contribution in [3.8, 4) is 0 Å². The molecule has 2 nitrogen and oxygen atoms in total. The number of carbonyl (C=O) groups is 1. The van der Waals surface area contributed by atoms with E-state index in [0.29, 0.717) is 17.8 Å². The van der Waals surface area contributed by atoms with Crippen molar-refractivity contribution in [2.24, 2.45) is 23.7 Å². The summed E-state index contributed by atoms with van der Waals surface area (Å²) in [5.41, 5.74) is -0.000162. The zero-order chi connectivity index (χ0) is 10.8. The molecule has 2 heteroatoms.